The van der Waals surface area contributed by atoms with E-state index in [9.17, 15) is 4.79 Å². The summed E-state index contributed by atoms with van der Waals surface area (Å²) in [6.45, 7) is 6.75. The van der Waals surface area contributed by atoms with Crippen molar-refractivity contribution >= 4 is 17.1 Å². The van der Waals surface area contributed by atoms with Crippen LogP contribution in [-0.4, -0.2) is 17.0 Å². The summed E-state index contributed by atoms with van der Waals surface area (Å²) in [4.78, 5) is 12.4. The summed E-state index contributed by atoms with van der Waals surface area (Å²) in [7, 11) is 0. The van der Waals surface area contributed by atoms with Crippen molar-refractivity contribution in [3.8, 4) is 0 Å². The molecule has 0 radical (unpaired) electrons. The topological polar surface area (TPSA) is 30.7 Å². The van der Waals surface area contributed by atoms with Gasteiger partial charge in [0, 0.05) is 6.20 Å². The van der Waals surface area contributed by atoms with E-state index in [0.29, 0.717) is 12.2 Å². The highest BCUT2D eigenvalue weighted by atomic mass is 16.5. The third-order valence-electron chi connectivity index (χ3n) is 4.06. The molecular weight excluding hydrogens is 298 g/mol. The molecule has 0 saturated heterocycles. The maximum atomic E-state index is 12.4. The highest BCUT2D eigenvalue weighted by molar-refractivity contribution is 5.99. The minimum atomic E-state index is -0.278. The van der Waals surface area contributed by atoms with Gasteiger partial charge >= 0.3 is 5.97 Å². The van der Waals surface area contributed by atoms with Gasteiger partial charge in [-0.05, 0) is 35.8 Å². The molecule has 3 heteroatoms. The Balaban J connectivity index is 2.01. The second-order valence-electron chi connectivity index (χ2n) is 5.73. The number of hydrogen-bond acceptors (Lipinski definition) is 2. The summed E-state index contributed by atoms with van der Waals surface area (Å²) in [6, 6.07) is 17.6. The van der Waals surface area contributed by atoms with E-state index in [2.05, 4.69) is 13.5 Å². The lowest BCUT2D eigenvalue weighted by Crippen LogP contribution is -2.05. The Hall–Kier alpha value is -2.81. The van der Waals surface area contributed by atoms with Crippen molar-refractivity contribution in [3.05, 3.63) is 84.2 Å². The van der Waals surface area contributed by atoms with Crippen LogP contribution >= 0.6 is 0 Å². The fourth-order valence-corrected chi connectivity index (χ4v) is 2.72. The molecule has 3 nitrogen and oxygen atoms in total. The van der Waals surface area contributed by atoms with Crippen LogP contribution in [0.1, 0.15) is 41.4 Å². The van der Waals surface area contributed by atoms with Gasteiger partial charge in [0.15, 0.2) is 0 Å². The molecule has 0 aliphatic carbocycles. The van der Waals surface area contributed by atoms with Gasteiger partial charge in [0.1, 0.15) is 0 Å². The summed E-state index contributed by atoms with van der Waals surface area (Å²) < 4.78 is 7.39. The Labute approximate surface area is 142 Å². The van der Waals surface area contributed by atoms with Gasteiger partial charge in [-0.1, -0.05) is 56.3 Å². The first kappa shape index (κ1) is 16.1. The molecule has 122 valence electrons. The molecule has 0 saturated carbocycles. The average molecular weight is 319 g/mol. The second kappa shape index (κ2) is 7.18. The number of nitrogens with zero attached hydrogens (tertiary/aromatic N) is 1. The molecule has 1 aromatic carbocycles. The molecule has 0 aliphatic heterocycles. The minimum Gasteiger partial charge on any atom is -0.462 e. The van der Waals surface area contributed by atoms with Crippen molar-refractivity contribution in [1.29, 1.82) is 0 Å². The van der Waals surface area contributed by atoms with Gasteiger partial charge in [-0.25, -0.2) is 4.79 Å². The van der Waals surface area contributed by atoms with E-state index < -0.39 is 0 Å². The van der Waals surface area contributed by atoms with Crippen molar-refractivity contribution in [2.45, 2.75) is 19.8 Å². The van der Waals surface area contributed by atoms with Crippen molar-refractivity contribution in [3.63, 3.8) is 0 Å². The van der Waals surface area contributed by atoms with Crippen LogP contribution in [0.5, 0.6) is 0 Å². The lowest BCUT2D eigenvalue weighted by molar-refractivity contribution is 0.0502. The molecule has 0 N–H and O–H groups in total. The zero-order chi connectivity index (χ0) is 16.9. The van der Waals surface area contributed by atoms with Crippen LogP contribution in [0, 0.1) is 0 Å². The fourth-order valence-electron chi connectivity index (χ4n) is 2.72. The normalized spacial score (nSPS) is 10.7. The predicted molar refractivity (Wildman–Crippen MR) is 97.2 cm³/mol. The molecule has 0 fully saturated rings. The van der Waals surface area contributed by atoms with E-state index in [1.165, 1.54) is 0 Å². The average Bonchev–Trinajstić information content (AvgIpc) is 3.02. The van der Waals surface area contributed by atoms with Crippen molar-refractivity contribution in [1.82, 2.24) is 4.40 Å². The van der Waals surface area contributed by atoms with Crippen LogP contribution in [0.3, 0.4) is 0 Å². The SMILES string of the molecule is C=C(c1ccccc1)c1cc(C(=O)OCCCC)c2ccccn12. The van der Waals surface area contributed by atoms with Gasteiger partial charge in [-0.3, -0.25) is 0 Å². The highest BCUT2D eigenvalue weighted by Gasteiger charge is 2.18. The Morgan fingerprint density at radius 3 is 2.62 bits per heavy atom. The molecule has 24 heavy (non-hydrogen) atoms. The van der Waals surface area contributed by atoms with Gasteiger partial charge in [0.25, 0.3) is 0 Å². The molecule has 2 heterocycles. The summed E-state index contributed by atoms with van der Waals surface area (Å²) in [5, 5.41) is 0. The Kier molecular flexibility index (Phi) is 4.80. The maximum Gasteiger partial charge on any atom is 0.340 e. The number of esters is 1. The van der Waals surface area contributed by atoms with Crippen LogP contribution in [0.4, 0.5) is 0 Å². The second-order valence-corrected chi connectivity index (χ2v) is 5.73. The smallest absolute Gasteiger partial charge is 0.340 e. The molecule has 0 amide bonds. The number of ether oxygens (including phenoxy) is 1. The quantitative estimate of drug-likeness (QED) is 0.475. The number of hydrogen-bond donors (Lipinski definition) is 0. The number of pyridine rings is 1. The van der Waals surface area contributed by atoms with E-state index in [1.807, 2.05) is 65.2 Å². The Morgan fingerprint density at radius 2 is 1.88 bits per heavy atom. The van der Waals surface area contributed by atoms with E-state index in [-0.39, 0.29) is 5.97 Å². The fraction of sp³-hybridized carbons (Fsp3) is 0.190. The largest absolute Gasteiger partial charge is 0.462 e. The summed E-state index contributed by atoms with van der Waals surface area (Å²) >= 11 is 0. The number of fused-ring (bicyclic) bond motifs is 1. The van der Waals surface area contributed by atoms with E-state index >= 15 is 0 Å². The summed E-state index contributed by atoms with van der Waals surface area (Å²) in [6.07, 6.45) is 3.82. The number of carbonyl (C=O) groups is 1. The Bertz CT molecular complexity index is 862. The molecule has 0 bridgehead atoms. The molecule has 0 aliphatic rings. The van der Waals surface area contributed by atoms with Crippen LogP contribution in [0.2, 0.25) is 0 Å². The molecule has 0 spiro atoms. The lowest BCUT2D eigenvalue weighted by Gasteiger charge is -2.06. The first-order valence-corrected chi connectivity index (χ1v) is 8.24. The van der Waals surface area contributed by atoms with Crippen molar-refractivity contribution in [2.75, 3.05) is 6.61 Å². The van der Waals surface area contributed by atoms with E-state index in [4.69, 9.17) is 4.74 Å². The Morgan fingerprint density at radius 1 is 1.12 bits per heavy atom. The van der Waals surface area contributed by atoms with Crippen LogP contribution in [0.25, 0.3) is 11.1 Å². The van der Waals surface area contributed by atoms with Crippen LogP contribution < -0.4 is 0 Å². The summed E-state index contributed by atoms with van der Waals surface area (Å²) in [5.41, 5.74) is 4.24. The first-order chi connectivity index (χ1) is 11.7. The molecule has 2 aromatic heterocycles. The van der Waals surface area contributed by atoms with Gasteiger partial charge < -0.3 is 9.14 Å². The monoisotopic (exact) mass is 319 g/mol. The number of unbranched alkanes of at least 4 members (excludes halogenated alkanes) is 1. The summed E-state index contributed by atoms with van der Waals surface area (Å²) in [5.74, 6) is -0.278. The standard InChI is InChI=1S/C21H21NO2/c1-3-4-14-24-21(23)18-15-20(22-13-9-8-12-19(18)22)16(2)17-10-6-5-7-11-17/h5-13,15H,2-4,14H2,1H3. The van der Waals surface area contributed by atoms with Crippen LogP contribution in [0.15, 0.2) is 67.4 Å². The number of aromatic nitrogens is 1. The number of benzene rings is 1. The van der Waals surface area contributed by atoms with Gasteiger partial charge in [0.05, 0.1) is 23.4 Å². The van der Waals surface area contributed by atoms with Gasteiger partial charge in [-0.15, -0.1) is 0 Å². The molecule has 3 rings (SSSR count). The molecule has 0 atom stereocenters. The maximum absolute atomic E-state index is 12.4. The van der Waals surface area contributed by atoms with Crippen molar-refractivity contribution in [2.24, 2.45) is 0 Å². The highest BCUT2D eigenvalue weighted by Crippen LogP contribution is 2.27. The third-order valence-corrected chi connectivity index (χ3v) is 4.06. The van der Waals surface area contributed by atoms with Gasteiger partial charge in [0.2, 0.25) is 0 Å². The molecular formula is C21H21NO2. The zero-order valence-electron chi connectivity index (χ0n) is 13.9. The number of rotatable bonds is 6. The molecule has 0 unspecified atom stereocenters. The first-order valence-electron chi connectivity index (χ1n) is 8.24. The van der Waals surface area contributed by atoms with Gasteiger partial charge in [-0.2, -0.15) is 0 Å². The number of carbonyl (C=O) groups excluding carboxylic acids is 1. The molecule has 3 aromatic rings. The zero-order valence-corrected chi connectivity index (χ0v) is 13.9. The third kappa shape index (κ3) is 3.11. The lowest BCUT2D eigenvalue weighted by atomic mass is 10.0. The van der Waals surface area contributed by atoms with E-state index in [1.54, 1.807) is 0 Å². The van der Waals surface area contributed by atoms with Crippen molar-refractivity contribution < 1.29 is 9.53 Å². The predicted octanol–water partition coefficient (Wildman–Crippen LogP) is 4.96. The van der Waals surface area contributed by atoms with E-state index in [0.717, 1.165) is 35.2 Å². The minimum absolute atomic E-state index is 0.278. The van der Waals surface area contributed by atoms with Crippen LogP contribution in [-0.2, 0) is 4.74 Å².